The number of rotatable bonds is 3. The van der Waals surface area contributed by atoms with Gasteiger partial charge in [0.15, 0.2) is 5.78 Å². The van der Waals surface area contributed by atoms with Gasteiger partial charge in [0.2, 0.25) is 0 Å². The molecule has 0 amide bonds. The minimum Gasteiger partial charge on any atom is -0.426 e. The number of para-hydroxylation sites is 1. The zero-order valence-electron chi connectivity index (χ0n) is 10.2. The first-order valence-corrected chi connectivity index (χ1v) is 6.73. The Hall–Kier alpha value is -1.69. The third kappa shape index (κ3) is 3.41. The van der Waals surface area contributed by atoms with E-state index in [1.807, 2.05) is 12.1 Å². The maximum absolute atomic E-state index is 12.4. The van der Waals surface area contributed by atoms with E-state index in [2.05, 4.69) is 22.6 Å². The summed E-state index contributed by atoms with van der Waals surface area (Å²) in [6.45, 7) is 1.31. The van der Waals surface area contributed by atoms with Gasteiger partial charge >= 0.3 is 5.97 Å². The smallest absolute Gasteiger partial charge is 0.308 e. The highest BCUT2D eigenvalue weighted by molar-refractivity contribution is 14.1. The highest BCUT2D eigenvalue weighted by Crippen LogP contribution is 2.22. The lowest BCUT2D eigenvalue weighted by molar-refractivity contribution is -0.131. The van der Waals surface area contributed by atoms with E-state index in [9.17, 15) is 9.59 Å². The van der Waals surface area contributed by atoms with Gasteiger partial charge in [-0.05, 0) is 59.0 Å². The largest absolute Gasteiger partial charge is 0.426 e. The Kier molecular flexibility index (Phi) is 4.31. The van der Waals surface area contributed by atoms with E-state index in [0.717, 1.165) is 3.57 Å². The fourth-order valence-electron chi connectivity index (χ4n) is 1.65. The van der Waals surface area contributed by atoms with Crippen molar-refractivity contribution in [1.29, 1.82) is 0 Å². The van der Waals surface area contributed by atoms with Crippen LogP contribution in [0.15, 0.2) is 48.5 Å². The first-order valence-electron chi connectivity index (χ1n) is 5.65. The van der Waals surface area contributed by atoms with Crippen LogP contribution >= 0.6 is 22.6 Å². The molecule has 3 nitrogen and oxygen atoms in total. The van der Waals surface area contributed by atoms with Crippen LogP contribution < -0.4 is 4.74 Å². The van der Waals surface area contributed by atoms with E-state index in [4.69, 9.17) is 4.74 Å². The molecule has 0 saturated carbocycles. The fourth-order valence-corrected chi connectivity index (χ4v) is 2.01. The number of hydrogen-bond donors (Lipinski definition) is 0. The van der Waals surface area contributed by atoms with E-state index < -0.39 is 5.97 Å². The van der Waals surface area contributed by atoms with E-state index in [1.165, 1.54) is 6.92 Å². The highest BCUT2D eigenvalue weighted by atomic mass is 127. The minimum absolute atomic E-state index is 0.159. The summed E-state index contributed by atoms with van der Waals surface area (Å²) in [7, 11) is 0. The number of hydrogen-bond acceptors (Lipinski definition) is 3. The summed E-state index contributed by atoms with van der Waals surface area (Å²) < 4.78 is 6.11. The SMILES string of the molecule is CC(=O)Oc1ccccc1C(=O)c1ccc(I)cc1. The second-order valence-corrected chi connectivity index (χ2v) is 5.17. The van der Waals surface area contributed by atoms with Gasteiger partial charge in [0, 0.05) is 16.1 Å². The average molecular weight is 366 g/mol. The van der Waals surface area contributed by atoms with Crippen LogP contribution in [-0.2, 0) is 4.79 Å². The molecule has 0 fully saturated rings. The average Bonchev–Trinajstić information content (AvgIpc) is 2.39. The minimum atomic E-state index is -0.442. The topological polar surface area (TPSA) is 43.4 Å². The molecule has 4 heteroatoms. The van der Waals surface area contributed by atoms with Crippen molar-refractivity contribution in [3.63, 3.8) is 0 Å². The Morgan fingerprint density at radius 1 is 1.00 bits per heavy atom. The van der Waals surface area contributed by atoms with Crippen molar-refractivity contribution in [2.45, 2.75) is 6.92 Å². The molecule has 2 aromatic carbocycles. The van der Waals surface area contributed by atoms with Gasteiger partial charge < -0.3 is 4.74 Å². The van der Waals surface area contributed by atoms with Crippen molar-refractivity contribution < 1.29 is 14.3 Å². The maximum Gasteiger partial charge on any atom is 0.308 e. The number of esters is 1. The van der Waals surface area contributed by atoms with Crippen LogP contribution in [0.3, 0.4) is 0 Å². The van der Waals surface area contributed by atoms with Crippen LogP contribution in [0.2, 0.25) is 0 Å². The molecule has 96 valence electrons. The lowest BCUT2D eigenvalue weighted by atomic mass is 10.0. The van der Waals surface area contributed by atoms with Crippen molar-refractivity contribution in [3.8, 4) is 5.75 Å². The first-order chi connectivity index (χ1) is 9.08. The molecule has 19 heavy (non-hydrogen) atoms. The molecule has 0 heterocycles. The zero-order chi connectivity index (χ0) is 13.8. The molecule has 0 atom stereocenters. The monoisotopic (exact) mass is 366 g/mol. The van der Waals surface area contributed by atoms with Gasteiger partial charge in [0.25, 0.3) is 0 Å². The van der Waals surface area contributed by atoms with Crippen LogP contribution in [0, 0.1) is 3.57 Å². The van der Waals surface area contributed by atoms with Gasteiger partial charge in [-0.15, -0.1) is 0 Å². The molecule has 0 N–H and O–H groups in total. The first kappa shape index (κ1) is 13.7. The van der Waals surface area contributed by atoms with E-state index in [1.54, 1.807) is 36.4 Å². The summed E-state index contributed by atoms with van der Waals surface area (Å²) in [5.74, 6) is -0.310. The summed E-state index contributed by atoms with van der Waals surface area (Å²) in [5, 5.41) is 0. The van der Waals surface area contributed by atoms with Gasteiger partial charge in [0.05, 0.1) is 5.56 Å². The molecule has 0 bridgehead atoms. The fraction of sp³-hybridized carbons (Fsp3) is 0.0667. The number of carbonyl (C=O) groups is 2. The molecule has 0 saturated heterocycles. The predicted octanol–water partition coefficient (Wildman–Crippen LogP) is 3.45. The Labute approximate surface area is 124 Å². The molecule has 0 radical (unpaired) electrons. The Morgan fingerprint density at radius 3 is 2.26 bits per heavy atom. The molecular weight excluding hydrogens is 355 g/mol. The van der Waals surface area contributed by atoms with E-state index in [0.29, 0.717) is 16.9 Å². The van der Waals surface area contributed by atoms with Crippen molar-refractivity contribution >= 4 is 34.3 Å². The van der Waals surface area contributed by atoms with Crippen molar-refractivity contribution in [1.82, 2.24) is 0 Å². The molecular formula is C15H11IO3. The van der Waals surface area contributed by atoms with Gasteiger partial charge in [-0.25, -0.2) is 0 Å². The maximum atomic E-state index is 12.4. The van der Waals surface area contributed by atoms with Crippen LogP contribution in [0.5, 0.6) is 5.75 Å². The molecule has 2 rings (SSSR count). The van der Waals surface area contributed by atoms with Crippen LogP contribution in [0.1, 0.15) is 22.8 Å². The number of ether oxygens (including phenoxy) is 1. The van der Waals surface area contributed by atoms with Gasteiger partial charge in [-0.1, -0.05) is 12.1 Å². The van der Waals surface area contributed by atoms with E-state index in [-0.39, 0.29) is 5.78 Å². The molecule has 0 aliphatic carbocycles. The van der Waals surface area contributed by atoms with Gasteiger partial charge in [-0.2, -0.15) is 0 Å². The number of ketones is 1. The lowest BCUT2D eigenvalue weighted by Gasteiger charge is -2.07. The summed E-state index contributed by atoms with van der Waals surface area (Å²) in [5.41, 5.74) is 0.957. The van der Waals surface area contributed by atoms with Crippen molar-refractivity contribution in [2.24, 2.45) is 0 Å². The second-order valence-electron chi connectivity index (χ2n) is 3.93. The summed E-state index contributed by atoms with van der Waals surface area (Å²) >= 11 is 2.18. The second kappa shape index (κ2) is 5.97. The number of carbonyl (C=O) groups excluding carboxylic acids is 2. The summed E-state index contributed by atoms with van der Waals surface area (Å²) in [6, 6.07) is 14.0. The standard InChI is InChI=1S/C15H11IO3/c1-10(17)19-14-5-3-2-4-13(14)15(18)11-6-8-12(16)9-7-11/h2-9H,1H3. The van der Waals surface area contributed by atoms with Gasteiger partial charge in [0.1, 0.15) is 5.75 Å². The molecule has 2 aromatic rings. The third-order valence-corrected chi connectivity index (χ3v) is 3.21. The molecule has 0 aliphatic heterocycles. The number of benzene rings is 2. The van der Waals surface area contributed by atoms with Crippen molar-refractivity contribution in [2.75, 3.05) is 0 Å². The van der Waals surface area contributed by atoms with Gasteiger partial charge in [-0.3, -0.25) is 9.59 Å². The Balaban J connectivity index is 2.38. The molecule has 0 spiro atoms. The predicted molar refractivity (Wildman–Crippen MR) is 80.3 cm³/mol. The Morgan fingerprint density at radius 2 is 1.63 bits per heavy atom. The molecule has 0 aromatic heterocycles. The normalized spacial score (nSPS) is 10.0. The Bertz CT molecular complexity index is 618. The molecule has 0 unspecified atom stereocenters. The van der Waals surface area contributed by atoms with Crippen LogP contribution in [0.4, 0.5) is 0 Å². The van der Waals surface area contributed by atoms with Crippen LogP contribution in [-0.4, -0.2) is 11.8 Å². The summed E-state index contributed by atoms with van der Waals surface area (Å²) in [6.07, 6.45) is 0. The third-order valence-electron chi connectivity index (χ3n) is 2.49. The molecule has 0 aliphatic rings. The van der Waals surface area contributed by atoms with E-state index >= 15 is 0 Å². The lowest BCUT2D eigenvalue weighted by Crippen LogP contribution is -2.08. The number of halogens is 1. The quantitative estimate of drug-likeness (QED) is 0.362. The van der Waals surface area contributed by atoms with Crippen molar-refractivity contribution in [3.05, 3.63) is 63.2 Å². The highest BCUT2D eigenvalue weighted by Gasteiger charge is 2.15. The summed E-state index contributed by atoms with van der Waals surface area (Å²) in [4.78, 5) is 23.4. The van der Waals surface area contributed by atoms with Crippen LogP contribution in [0.25, 0.3) is 0 Å². The zero-order valence-corrected chi connectivity index (χ0v) is 12.4.